The standard InChI is InChI=1S/C55H70N2O12/c1-31-24-39-38(16-11-32-7-14-35(15-8-32)55(64)56-17-19-69-23-21-66-3)52(57-28-33-9-12-34(13-10-33)41(60)6-5-18-68-22-20-65-2)48-42(61)26-36(29-58)44-45-37(30-59)27-43(62)49-51(45)47(46(39)50(44)48)40(25-31)54(67-4)53(49)63/h24,26-27,32-35,57-59,63H,5-23,25,28-30H2,1-4H3,(H,56,64). The molecule has 0 aromatic heterocycles. The Morgan fingerprint density at radius 1 is 0.696 bits per heavy atom. The Bertz CT molecular complexity index is 2790. The first-order chi connectivity index (χ1) is 33.5. The highest BCUT2D eigenvalue weighted by Crippen LogP contribution is 2.54. The summed E-state index contributed by atoms with van der Waals surface area (Å²) < 4.78 is 27.1. The number of amides is 1. The van der Waals surface area contributed by atoms with Crippen LogP contribution in [-0.4, -0.2) is 101 Å². The molecule has 14 heteroatoms. The molecule has 372 valence electrons. The maximum absolute atomic E-state index is 14.9. The number of methoxy groups -OCH3 is 3. The van der Waals surface area contributed by atoms with Crippen LogP contribution in [0, 0.1) is 23.7 Å². The third-order valence-corrected chi connectivity index (χ3v) is 15.3. The quantitative estimate of drug-likeness (QED) is 0.0235. The zero-order valence-corrected chi connectivity index (χ0v) is 40.8. The SMILES string of the molecule is COCCOCCCC(=O)C1CCC(CNc2c(CCC3CCC(C(=O)NCCOCCOC)CC3)c3c4c5c(c(OC)c(O)c6c(=O)cc(CO)c(c7c(CO)cc(=O)c2c74)c65)CC(C)=C3)CC1. The number of phenols is 1. The van der Waals surface area contributed by atoms with Gasteiger partial charge >= 0.3 is 0 Å². The highest BCUT2D eigenvalue weighted by atomic mass is 16.5. The molecule has 0 bridgehead atoms. The Morgan fingerprint density at radius 2 is 1.30 bits per heavy atom. The Kier molecular flexibility index (Phi) is 16.7. The number of rotatable bonds is 24. The predicted octanol–water partition coefficient (Wildman–Crippen LogP) is 7.30. The van der Waals surface area contributed by atoms with Gasteiger partial charge in [-0.2, -0.15) is 0 Å². The molecule has 2 fully saturated rings. The molecule has 0 aliphatic heterocycles. The molecule has 3 aliphatic carbocycles. The van der Waals surface area contributed by atoms with E-state index in [0.717, 1.165) is 85.6 Å². The van der Waals surface area contributed by atoms with E-state index >= 15 is 0 Å². The fourth-order valence-corrected chi connectivity index (χ4v) is 11.9. The largest absolute Gasteiger partial charge is 0.504 e. The summed E-state index contributed by atoms with van der Waals surface area (Å²) in [4.78, 5) is 55.4. The van der Waals surface area contributed by atoms with E-state index in [1.165, 1.54) is 19.2 Å². The highest BCUT2D eigenvalue weighted by Gasteiger charge is 2.34. The number of carbonyl (C=O) groups excluding carboxylic acids is 2. The molecule has 0 unspecified atom stereocenters. The number of ether oxygens (including phenoxy) is 5. The van der Waals surface area contributed by atoms with Gasteiger partial charge in [0, 0.05) is 74.2 Å². The van der Waals surface area contributed by atoms with Crippen LogP contribution in [0.15, 0.2) is 27.3 Å². The lowest BCUT2D eigenvalue weighted by Crippen LogP contribution is -2.35. The number of carbonyl (C=O) groups is 2. The first-order valence-corrected chi connectivity index (χ1v) is 25.1. The van der Waals surface area contributed by atoms with Crippen LogP contribution in [0.2, 0.25) is 0 Å². The van der Waals surface area contributed by atoms with E-state index in [-0.39, 0.29) is 46.0 Å². The minimum Gasteiger partial charge on any atom is -0.504 e. The maximum Gasteiger partial charge on any atom is 0.223 e. The molecule has 0 spiro atoms. The van der Waals surface area contributed by atoms with Crippen LogP contribution < -0.4 is 26.2 Å². The minimum atomic E-state index is -0.475. The second-order valence-corrected chi connectivity index (χ2v) is 19.6. The van der Waals surface area contributed by atoms with Crippen LogP contribution in [-0.2, 0) is 54.6 Å². The summed E-state index contributed by atoms with van der Waals surface area (Å²) in [5.41, 5.74) is 4.34. The van der Waals surface area contributed by atoms with E-state index in [0.29, 0.717) is 139 Å². The molecule has 0 atom stereocenters. The molecule has 0 radical (unpaired) electrons. The van der Waals surface area contributed by atoms with E-state index in [1.54, 1.807) is 14.2 Å². The average Bonchev–Trinajstić information content (AvgIpc) is 3.51. The van der Waals surface area contributed by atoms with Gasteiger partial charge in [-0.1, -0.05) is 11.6 Å². The number of allylic oxidation sites excluding steroid dienone is 1. The van der Waals surface area contributed by atoms with Gasteiger partial charge in [-0.15, -0.1) is 0 Å². The number of fused-ring (bicyclic) bond motifs is 1. The van der Waals surface area contributed by atoms with Gasteiger partial charge in [0.15, 0.2) is 22.4 Å². The normalized spacial score (nSPS) is 19.5. The van der Waals surface area contributed by atoms with Gasteiger partial charge in [-0.25, -0.2) is 0 Å². The van der Waals surface area contributed by atoms with E-state index in [2.05, 4.69) is 16.7 Å². The van der Waals surface area contributed by atoms with Gasteiger partial charge in [0.2, 0.25) is 5.91 Å². The number of nitrogens with one attached hydrogen (secondary N) is 2. The van der Waals surface area contributed by atoms with Crippen molar-refractivity contribution in [2.45, 2.75) is 104 Å². The molecule has 1 amide bonds. The molecule has 5 N–H and O–H groups in total. The van der Waals surface area contributed by atoms with Crippen LogP contribution in [0.25, 0.3) is 49.2 Å². The van der Waals surface area contributed by atoms with Gasteiger partial charge in [-0.05, 0) is 152 Å². The van der Waals surface area contributed by atoms with Gasteiger partial charge in [0.25, 0.3) is 0 Å². The topological polar surface area (TPSA) is 199 Å². The van der Waals surface area contributed by atoms with Crippen LogP contribution in [0.4, 0.5) is 5.69 Å². The van der Waals surface area contributed by atoms with Crippen LogP contribution in [0.5, 0.6) is 11.5 Å². The van der Waals surface area contributed by atoms with E-state index in [4.69, 9.17) is 23.7 Å². The van der Waals surface area contributed by atoms with Gasteiger partial charge in [-0.3, -0.25) is 19.2 Å². The predicted molar refractivity (Wildman–Crippen MR) is 269 cm³/mol. The van der Waals surface area contributed by atoms with Crippen molar-refractivity contribution >= 4 is 66.5 Å². The number of aliphatic hydroxyl groups is 2. The van der Waals surface area contributed by atoms with Crippen molar-refractivity contribution in [2.75, 3.05) is 79.4 Å². The van der Waals surface area contributed by atoms with Crippen LogP contribution in [0.3, 0.4) is 0 Å². The van der Waals surface area contributed by atoms with Crippen molar-refractivity contribution in [3.8, 4) is 11.5 Å². The molecular formula is C55H70N2O12. The molecule has 5 aromatic rings. The van der Waals surface area contributed by atoms with Gasteiger partial charge in [0.05, 0.1) is 64.1 Å². The lowest BCUT2D eigenvalue weighted by molar-refractivity contribution is -0.126. The minimum absolute atomic E-state index is 0.0211. The van der Waals surface area contributed by atoms with E-state index in [1.807, 2.05) is 6.92 Å². The third-order valence-electron chi connectivity index (χ3n) is 15.3. The van der Waals surface area contributed by atoms with Crippen molar-refractivity contribution in [2.24, 2.45) is 23.7 Å². The first kappa shape index (κ1) is 50.4. The lowest BCUT2D eigenvalue weighted by atomic mass is 9.77. The fraction of sp³-hybridized carbons (Fsp3) is 0.564. The van der Waals surface area contributed by atoms with Gasteiger partial charge in [0.1, 0.15) is 5.78 Å². The number of aromatic hydroxyl groups is 1. The Hall–Kier alpha value is -4.96. The average molecular weight is 951 g/mol. The molecule has 69 heavy (non-hydrogen) atoms. The number of hydrogen-bond donors (Lipinski definition) is 5. The molecule has 0 saturated heterocycles. The maximum atomic E-state index is 14.9. The number of ketones is 1. The number of Topliss-reactive ketones (excluding diaryl/α,β-unsaturated/α-hetero) is 1. The number of phenolic OH excluding ortho intramolecular Hbond substituents is 1. The molecule has 0 heterocycles. The summed E-state index contributed by atoms with van der Waals surface area (Å²) in [6.07, 6.45) is 11.9. The zero-order valence-electron chi connectivity index (χ0n) is 40.8. The molecule has 5 aromatic carbocycles. The molecular weight excluding hydrogens is 881 g/mol. The molecule has 14 nitrogen and oxygen atoms in total. The Morgan fingerprint density at radius 3 is 1.94 bits per heavy atom. The summed E-state index contributed by atoms with van der Waals surface area (Å²) >= 11 is 0. The Labute approximate surface area is 403 Å². The number of hydrogen-bond acceptors (Lipinski definition) is 13. The van der Waals surface area contributed by atoms with Crippen molar-refractivity contribution in [3.05, 3.63) is 66.0 Å². The van der Waals surface area contributed by atoms with Crippen molar-refractivity contribution < 1.29 is 48.6 Å². The summed E-state index contributed by atoms with van der Waals surface area (Å²) in [6, 6.07) is 2.83. The summed E-state index contributed by atoms with van der Waals surface area (Å²) in [5.74, 6) is 0.828. The van der Waals surface area contributed by atoms with Crippen LogP contribution >= 0.6 is 0 Å². The fourth-order valence-electron chi connectivity index (χ4n) is 11.9. The summed E-state index contributed by atoms with van der Waals surface area (Å²) in [5, 5.41) is 45.0. The third kappa shape index (κ3) is 10.3. The number of benzene rings is 5. The Balaban J connectivity index is 1.18. The first-order valence-electron chi connectivity index (χ1n) is 25.1. The lowest BCUT2D eigenvalue weighted by Gasteiger charge is -2.31. The highest BCUT2D eigenvalue weighted by molar-refractivity contribution is 6.38. The van der Waals surface area contributed by atoms with Crippen molar-refractivity contribution in [1.82, 2.24) is 5.32 Å². The monoisotopic (exact) mass is 950 g/mol. The second kappa shape index (κ2) is 22.9. The van der Waals surface area contributed by atoms with Crippen molar-refractivity contribution in [1.29, 1.82) is 0 Å². The smallest absolute Gasteiger partial charge is 0.223 e. The van der Waals surface area contributed by atoms with E-state index < -0.39 is 18.6 Å². The number of anilines is 1. The zero-order chi connectivity index (χ0) is 48.8. The van der Waals surface area contributed by atoms with Crippen molar-refractivity contribution in [3.63, 3.8) is 0 Å². The summed E-state index contributed by atoms with van der Waals surface area (Å²) in [6.45, 7) is 5.15. The van der Waals surface area contributed by atoms with Crippen LogP contribution in [0.1, 0.15) is 105 Å². The second-order valence-electron chi connectivity index (χ2n) is 19.6. The van der Waals surface area contributed by atoms with Gasteiger partial charge < -0.3 is 49.6 Å². The number of aliphatic hydroxyl groups excluding tert-OH is 2. The molecule has 2 saturated carbocycles. The molecule has 3 aliphatic rings. The summed E-state index contributed by atoms with van der Waals surface area (Å²) in [7, 11) is 4.74. The van der Waals surface area contributed by atoms with E-state index in [9.17, 15) is 34.5 Å². The molecule has 8 rings (SSSR count).